The van der Waals surface area contributed by atoms with Crippen LogP contribution in [0.25, 0.3) is 0 Å². The van der Waals surface area contributed by atoms with E-state index in [0.717, 1.165) is 0 Å². The molecule has 0 saturated carbocycles. The number of rotatable bonds is 6. The van der Waals surface area contributed by atoms with Crippen LogP contribution in [0.1, 0.15) is 6.92 Å². The van der Waals surface area contributed by atoms with Gasteiger partial charge in [0.1, 0.15) is 0 Å². The van der Waals surface area contributed by atoms with Crippen molar-refractivity contribution in [2.75, 3.05) is 24.2 Å². The number of carbonyl (C=O) groups is 2. The molecule has 0 aliphatic heterocycles. The second kappa shape index (κ2) is 9.62. The van der Waals surface area contributed by atoms with E-state index in [2.05, 4.69) is 10.6 Å². The Kier molecular flexibility index (Phi) is 7.77. The van der Waals surface area contributed by atoms with E-state index in [1.807, 2.05) is 0 Å². The summed E-state index contributed by atoms with van der Waals surface area (Å²) >= 11 is 23.8. The van der Waals surface area contributed by atoms with Gasteiger partial charge in [-0.1, -0.05) is 52.5 Å². The summed E-state index contributed by atoms with van der Waals surface area (Å²) in [5.74, 6) is -0.611. The van der Waals surface area contributed by atoms with Gasteiger partial charge in [-0.15, -0.1) is 0 Å². The third-order valence-electron chi connectivity index (χ3n) is 3.85. The molecule has 2 aromatic carbocycles. The third-order valence-corrected chi connectivity index (χ3v) is 5.40. The predicted octanol–water partition coefficient (Wildman–Crippen LogP) is 5.20. The van der Waals surface area contributed by atoms with E-state index in [4.69, 9.17) is 46.4 Å². The lowest BCUT2D eigenvalue weighted by Gasteiger charge is -2.23. The number of hydrogen-bond acceptors (Lipinski definition) is 3. The number of benzene rings is 2. The molecule has 0 heterocycles. The van der Waals surface area contributed by atoms with Crippen molar-refractivity contribution in [3.8, 4) is 0 Å². The number of carbonyl (C=O) groups excluding carboxylic acids is 2. The molecule has 27 heavy (non-hydrogen) atoms. The first kappa shape index (κ1) is 21.8. The molecule has 0 saturated heterocycles. The number of likely N-dealkylation sites (N-methyl/N-ethyl adjacent to an activating group) is 1. The van der Waals surface area contributed by atoms with E-state index in [-0.39, 0.29) is 23.4 Å². The van der Waals surface area contributed by atoms with Crippen molar-refractivity contribution in [1.82, 2.24) is 4.90 Å². The monoisotopic (exact) mass is 447 g/mol. The van der Waals surface area contributed by atoms with Gasteiger partial charge in [0.25, 0.3) is 0 Å². The van der Waals surface area contributed by atoms with Gasteiger partial charge in [0, 0.05) is 5.69 Å². The van der Waals surface area contributed by atoms with Crippen molar-refractivity contribution in [1.29, 1.82) is 0 Å². The van der Waals surface area contributed by atoms with Gasteiger partial charge in [0.05, 0.1) is 38.4 Å². The first-order chi connectivity index (χ1) is 12.7. The number of anilines is 2. The quantitative estimate of drug-likeness (QED) is 0.638. The second-order valence-corrected chi connectivity index (χ2v) is 7.46. The average molecular weight is 449 g/mol. The van der Waals surface area contributed by atoms with Crippen LogP contribution in [-0.4, -0.2) is 36.3 Å². The summed E-state index contributed by atoms with van der Waals surface area (Å²) in [6.45, 7) is 1.68. The van der Waals surface area contributed by atoms with Crippen molar-refractivity contribution < 1.29 is 9.59 Å². The lowest BCUT2D eigenvalue weighted by atomic mass is 10.2. The summed E-state index contributed by atoms with van der Waals surface area (Å²) in [4.78, 5) is 26.2. The molecule has 144 valence electrons. The largest absolute Gasteiger partial charge is 0.325 e. The Balaban J connectivity index is 1.94. The van der Waals surface area contributed by atoms with E-state index < -0.39 is 6.04 Å². The van der Waals surface area contributed by atoms with Crippen LogP contribution in [0.2, 0.25) is 20.1 Å². The Morgan fingerprint density at radius 3 is 2.37 bits per heavy atom. The average Bonchev–Trinajstić information content (AvgIpc) is 2.61. The highest BCUT2D eigenvalue weighted by Crippen LogP contribution is 2.29. The lowest BCUT2D eigenvalue weighted by molar-refractivity contribution is -0.122. The highest BCUT2D eigenvalue weighted by molar-refractivity contribution is 6.44. The molecule has 0 unspecified atom stereocenters. The summed E-state index contributed by atoms with van der Waals surface area (Å²) in [6.07, 6.45) is 0. The molecule has 0 aliphatic carbocycles. The van der Waals surface area contributed by atoms with Crippen LogP contribution >= 0.6 is 46.4 Å². The molecule has 0 radical (unpaired) electrons. The maximum Gasteiger partial charge on any atom is 0.241 e. The first-order valence-electron chi connectivity index (χ1n) is 7.89. The second-order valence-electron chi connectivity index (χ2n) is 5.86. The fourth-order valence-electron chi connectivity index (χ4n) is 2.18. The highest BCUT2D eigenvalue weighted by atomic mass is 35.5. The van der Waals surface area contributed by atoms with Crippen LogP contribution in [0.5, 0.6) is 0 Å². The fraction of sp³-hybridized carbons (Fsp3) is 0.222. The SMILES string of the molecule is C[C@H](C(=O)Nc1cccc(Cl)c1Cl)N(C)CC(=O)Nc1ccc(Cl)c(Cl)c1. The Labute approximate surface area is 177 Å². The van der Waals surface area contributed by atoms with Gasteiger partial charge in [-0.05, 0) is 44.3 Å². The Morgan fingerprint density at radius 1 is 1.00 bits per heavy atom. The van der Waals surface area contributed by atoms with Crippen molar-refractivity contribution >= 4 is 69.6 Å². The molecule has 2 aromatic rings. The van der Waals surface area contributed by atoms with Crippen molar-refractivity contribution in [2.24, 2.45) is 0 Å². The van der Waals surface area contributed by atoms with E-state index >= 15 is 0 Å². The molecule has 1 atom stereocenters. The van der Waals surface area contributed by atoms with Crippen LogP contribution in [-0.2, 0) is 9.59 Å². The summed E-state index contributed by atoms with van der Waals surface area (Å²) in [6, 6.07) is 9.16. The zero-order valence-electron chi connectivity index (χ0n) is 14.5. The molecule has 0 spiro atoms. The molecule has 0 bridgehead atoms. The lowest BCUT2D eigenvalue weighted by Crippen LogP contribution is -2.43. The van der Waals surface area contributed by atoms with E-state index in [1.165, 1.54) is 0 Å². The first-order valence-corrected chi connectivity index (χ1v) is 9.40. The minimum atomic E-state index is -0.584. The summed E-state index contributed by atoms with van der Waals surface area (Å²) < 4.78 is 0. The number of halogens is 4. The normalized spacial score (nSPS) is 12.0. The minimum Gasteiger partial charge on any atom is -0.325 e. The molecule has 2 N–H and O–H groups in total. The summed E-state index contributed by atoms with van der Waals surface area (Å²) in [7, 11) is 1.66. The van der Waals surface area contributed by atoms with Gasteiger partial charge >= 0.3 is 0 Å². The maximum absolute atomic E-state index is 12.4. The van der Waals surface area contributed by atoms with Crippen LogP contribution in [0, 0.1) is 0 Å². The van der Waals surface area contributed by atoms with Crippen LogP contribution in [0.4, 0.5) is 11.4 Å². The predicted molar refractivity (Wildman–Crippen MR) is 112 cm³/mol. The van der Waals surface area contributed by atoms with Crippen molar-refractivity contribution in [2.45, 2.75) is 13.0 Å². The Bertz CT molecular complexity index is 860. The highest BCUT2D eigenvalue weighted by Gasteiger charge is 2.21. The molecular weight excluding hydrogens is 432 g/mol. The molecule has 2 amide bonds. The van der Waals surface area contributed by atoms with E-state index in [0.29, 0.717) is 26.4 Å². The van der Waals surface area contributed by atoms with Crippen molar-refractivity contribution in [3.05, 3.63) is 56.5 Å². The standard InChI is InChI=1S/C18H17Cl4N3O2/c1-10(18(27)24-15-5-3-4-13(20)17(15)22)25(2)9-16(26)23-11-6-7-12(19)14(21)8-11/h3-8,10H,9H2,1-2H3,(H,23,26)(H,24,27)/t10-/m1/s1. The zero-order valence-corrected chi connectivity index (χ0v) is 17.5. The summed E-state index contributed by atoms with van der Waals surface area (Å²) in [5, 5.41) is 6.76. The number of amides is 2. The maximum atomic E-state index is 12.4. The molecule has 0 fully saturated rings. The van der Waals surface area contributed by atoms with Crippen LogP contribution < -0.4 is 10.6 Å². The van der Waals surface area contributed by atoms with E-state index in [1.54, 1.807) is 55.3 Å². The fourth-order valence-corrected chi connectivity index (χ4v) is 2.82. The molecule has 2 rings (SSSR count). The van der Waals surface area contributed by atoms with Gasteiger partial charge in [-0.25, -0.2) is 0 Å². The third kappa shape index (κ3) is 5.99. The molecule has 5 nitrogen and oxygen atoms in total. The van der Waals surface area contributed by atoms with Gasteiger partial charge in [-0.2, -0.15) is 0 Å². The topological polar surface area (TPSA) is 61.4 Å². The van der Waals surface area contributed by atoms with Crippen LogP contribution in [0.3, 0.4) is 0 Å². The van der Waals surface area contributed by atoms with E-state index in [9.17, 15) is 9.59 Å². The summed E-state index contributed by atoms with van der Waals surface area (Å²) in [5.41, 5.74) is 0.931. The number of nitrogens with one attached hydrogen (secondary N) is 2. The minimum absolute atomic E-state index is 0.00187. The molecule has 9 heteroatoms. The van der Waals surface area contributed by atoms with Gasteiger partial charge in [0.2, 0.25) is 11.8 Å². The van der Waals surface area contributed by atoms with Gasteiger partial charge < -0.3 is 10.6 Å². The number of hydrogen-bond donors (Lipinski definition) is 2. The Morgan fingerprint density at radius 2 is 1.70 bits per heavy atom. The molecular formula is C18H17Cl4N3O2. The Hall–Kier alpha value is -1.50. The molecule has 0 aliphatic rings. The van der Waals surface area contributed by atoms with Crippen molar-refractivity contribution in [3.63, 3.8) is 0 Å². The number of nitrogens with zero attached hydrogens (tertiary/aromatic N) is 1. The molecule has 0 aromatic heterocycles. The van der Waals surface area contributed by atoms with Gasteiger partial charge in [0.15, 0.2) is 0 Å². The van der Waals surface area contributed by atoms with Crippen LogP contribution in [0.15, 0.2) is 36.4 Å². The zero-order chi connectivity index (χ0) is 20.1. The smallest absolute Gasteiger partial charge is 0.241 e. The van der Waals surface area contributed by atoms with Gasteiger partial charge in [-0.3, -0.25) is 14.5 Å².